The highest BCUT2D eigenvalue weighted by Gasteiger charge is 2.17. The molecule has 0 aliphatic rings. The maximum Gasteiger partial charge on any atom is 0.279 e. The van der Waals surface area contributed by atoms with Crippen molar-refractivity contribution in [3.8, 4) is 0 Å². The van der Waals surface area contributed by atoms with Crippen LogP contribution in [0.3, 0.4) is 0 Å². The molecule has 0 saturated carbocycles. The van der Waals surface area contributed by atoms with E-state index in [4.69, 9.17) is 11.6 Å². The fourth-order valence-corrected chi connectivity index (χ4v) is 2.86. The van der Waals surface area contributed by atoms with Gasteiger partial charge in [-0.2, -0.15) is 0 Å². The number of ketones is 1. The number of aryl methyl sites for hydroxylation is 1. The average Bonchev–Trinajstić information content (AvgIpc) is 2.64. The Morgan fingerprint density at radius 1 is 0.964 bits per heavy atom. The first kappa shape index (κ1) is 21.6. The molecule has 6 nitrogen and oxygen atoms in total. The van der Waals surface area contributed by atoms with Crippen molar-refractivity contribution in [2.45, 2.75) is 20.8 Å². The molecule has 2 rings (SSSR count). The molecule has 0 aliphatic heterocycles. The predicted molar refractivity (Wildman–Crippen MR) is 111 cm³/mol. The van der Waals surface area contributed by atoms with Crippen molar-refractivity contribution < 1.29 is 19.3 Å². The summed E-state index contributed by atoms with van der Waals surface area (Å²) in [5.74, 6) is -0.402. The van der Waals surface area contributed by atoms with Gasteiger partial charge in [0.15, 0.2) is 18.9 Å². The van der Waals surface area contributed by atoms with E-state index in [2.05, 4.69) is 10.6 Å². The van der Waals surface area contributed by atoms with Crippen molar-refractivity contribution in [2.75, 3.05) is 30.3 Å². The standard InChI is InChI=1S/C21H24ClN3O3/c1-4-25(13-21(28)24-19-11-17(22)8-5-14(19)2)12-20(27)23-18-9-6-16(7-10-18)15(3)26/h5-11H,4,12-13H2,1-3H3,(H,23,27)(H,24,28)/p+1. The van der Waals surface area contributed by atoms with E-state index in [-0.39, 0.29) is 30.7 Å². The van der Waals surface area contributed by atoms with Gasteiger partial charge in [-0.1, -0.05) is 17.7 Å². The summed E-state index contributed by atoms with van der Waals surface area (Å²) in [6.07, 6.45) is 0. The lowest BCUT2D eigenvalue weighted by atomic mass is 10.1. The summed E-state index contributed by atoms with van der Waals surface area (Å²) in [6, 6.07) is 12.0. The number of carbonyl (C=O) groups excluding carboxylic acids is 3. The monoisotopic (exact) mass is 402 g/mol. The highest BCUT2D eigenvalue weighted by molar-refractivity contribution is 6.31. The van der Waals surface area contributed by atoms with Gasteiger partial charge < -0.3 is 15.5 Å². The third-order valence-electron chi connectivity index (χ3n) is 4.37. The van der Waals surface area contributed by atoms with Gasteiger partial charge in [0.1, 0.15) is 0 Å². The minimum Gasteiger partial charge on any atom is -0.321 e. The average molecular weight is 403 g/mol. The van der Waals surface area contributed by atoms with Crippen LogP contribution in [0.25, 0.3) is 0 Å². The van der Waals surface area contributed by atoms with Crippen molar-refractivity contribution >= 4 is 40.6 Å². The summed E-state index contributed by atoms with van der Waals surface area (Å²) in [6.45, 7) is 6.25. The summed E-state index contributed by atoms with van der Waals surface area (Å²) < 4.78 is 0. The van der Waals surface area contributed by atoms with E-state index in [9.17, 15) is 14.4 Å². The molecule has 0 aliphatic carbocycles. The van der Waals surface area contributed by atoms with Gasteiger partial charge in [0.2, 0.25) is 0 Å². The molecule has 2 aromatic rings. The lowest BCUT2D eigenvalue weighted by molar-refractivity contribution is -0.881. The number of nitrogens with one attached hydrogen (secondary N) is 3. The van der Waals surface area contributed by atoms with Crippen LogP contribution in [0, 0.1) is 6.92 Å². The number of amides is 2. The molecule has 0 aromatic heterocycles. The minimum absolute atomic E-state index is 0.0274. The molecule has 0 saturated heterocycles. The Morgan fingerprint density at radius 3 is 2.14 bits per heavy atom. The number of quaternary nitrogens is 1. The van der Waals surface area contributed by atoms with Crippen LogP contribution in [0.2, 0.25) is 5.02 Å². The number of likely N-dealkylation sites (N-methyl/N-ethyl adjacent to an activating group) is 1. The first-order chi connectivity index (χ1) is 13.3. The van der Waals surface area contributed by atoms with Gasteiger partial charge in [-0.15, -0.1) is 0 Å². The van der Waals surface area contributed by atoms with Crippen LogP contribution in [0.1, 0.15) is 29.8 Å². The molecule has 148 valence electrons. The molecule has 1 atom stereocenters. The van der Waals surface area contributed by atoms with Crippen LogP contribution in [0.5, 0.6) is 0 Å². The number of rotatable bonds is 8. The Bertz CT molecular complexity index is 866. The Labute approximate surface area is 169 Å². The van der Waals surface area contributed by atoms with E-state index in [1.807, 2.05) is 19.9 Å². The molecule has 2 amide bonds. The van der Waals surface area contributed by atoms with Crippen LogP contribution < -0.4 is 15.5 Å². The summed E-state index contributed by atoms with van der Waals surface area (Å²) in [5, 5.41) is 6.19. The molecule has 2 aromatic carbocycles. The highest BCUT2D eigenvalue weighted by atomic mass is 35.5. The molecule has 0 heterocycles. The van der Waals surface area contributed by atoms with E-state index in [0.717, 1.165) is 10.5 Å². The molecule has 1 unspecified atom stereocenters. The Kier molecular flexibility index (Phi) is 7.72. The van der Waals surface area contributed by atoms with Crippen LogP contribution in [-0.2, 0) is 9.59 Å². The quantitative estimate of drug-likeness (QED) is 0.593. The second-order valence-corrected chi connectivity index (χ2v) is 7.08. The summed E-state index contributed by atoms with van der Waals surface area (Å²) in [7, 11) is 0. The fraction of sp³-hybridized carbons (Fsp3) is 0.286. The van der Waals surface area contributed by atoms with E-state index in [1.165, 1.54) is 6.92 Å². The Morgan fingerprint density at radius 2 is 1.57 bits per heavy atom. The van der Waals surface area contributed by atoms with Crippen LogP contribution in [0.15, 0.2) is 42.5 Å². The number of halogens is 1. The van der Waals surface area contributed by atoms with Crippen LogP contribution in [-0.4, -0.2) is 37.2 Å². The molecule has 7 heteroatoms. The second-order valence-electron chi connectivity index (χ2n) is 6.65. The Hall–Kier alpha value is -2.70. The summed E-state index contributed by atoms with van der Waals surface area (Å²) in [4.78, 5) is 36.8. The predicted octanol–water partition coefficient (Wildman–Crippen LogP) is 2.33. The van der Waals surface area contributed by atoms with Gasteiger partial charge in [0.25, 0.3) is 11.8 Å². The fourth-order valence-electron chi connectivity index (χ4n) is 2.68. The van der Waals surface area contributed by atoms with Gasteiger partial charge in [-0.05, 0) is 62.7 Å². The zero-order valence-corrected chi connectivity index (χ0v) is 17.0. The number of benzene rings is 2. The molecular formula is C21H25ClN3O3+. The van der Waals surface area contributed by atoms with Crippen molar-refractivity contribution in [1.82, 2.24) is 0 Å². The molecule has 0 fully saturated rings. The first-order valence-corrected chi connectivity index (χ1v) is 9.46. The van der Waals surface area contributed by atoms with E-state index in [0.29, 0.717) is 28.5 Å². The SMILES string of the molecule is CC[NH+](CC(=O)Nc1ccc(C(C)=O)cc1)CC(=O)Nc1cc(Cl)ccc1C. The number of carbonyl (C=O) groups is 3. The second kappa shape index (κ2) is 10.0. The zero-order valence-electron chi connectivity index (χ0n) is 16.3. The van der Waals surface area contributed by atoms with Crippen molar-refractivity contribution in [2.24, 2.45) is 0 Å². The third kappa shape index (κ3) is 6.48. The number of hydrogen-bond acceptors (Lipinski definition) is 3. The first-order valence-electron chi connectivity index (χ1n) is 9.09. The van der Waals surface area contributed by atoms with Gasteiger partial charge >= 0.3 is 0 Å². The van der Waals surface area contributed by atoms with Gasteiger partial charge in [-0.25, -0.2) is 0 Å². The van der Waals surface area contributed by atoms with Crippen molar-refractivity contribution in [1.29, 1.82) is 0 Å². The molecule has 28 heavy (non-hydrogen) atoms. The van der Waals surface area contributed by atoms with Gasteiger partial charge in [0.05, 0.1) is 6.54 Å². The van der Waals surface area contributed by atoms with E-state index in [1.54, 1.807) is 36.4 Å². The van der Waals surface area contributed by atoms with E-state index >= 15 is 0 Å². The molecule has 0 spiro atoms. The smallest absolute Gasteiger partial charge is 0.279 e. The van der Waals surface area contributed by atoms with Gasteiger partial charge in [-0.3, -0.25) is 14.4 Å². The number of anilines is 2. The maximum atomic E-state index is 12.3. The lowest BCUT2D eigenvalue weighted by Crippen LogP contribution is -3.13. The summed E-state index contributed by atoms with van der Waals surface area (Å²) >= 11 is 5.98. The number of Topliss-reactive ketones (excluding diaryl/α,β-unsaturated/α-hetero) is 1. The molecule has 0 radical (unpaired) electrons. The summed E-state index contributed by atoms with van der Waals surface area (Å²) in [5.41, 5.74) is 2.79. The Balaban J connectivity index is 1.90. The zero-order chi connectivity index (χ0) is 20.7. The lowest BCUT2D eigenvalue weighted by Gasteiger charge is -2.17. The van der Waals surface area contributed by atoms with Crippen molar-refractivity contribution in [3.63, 3.8) is 0 Å². The minimum atomic E-state index is -0.195. The molecule has 3 N–H and O–H groups in total. The van der Waals surface area contributed by atoms with Crippen LogP contribution in [0.4, 0.5) is 11.4 Å². The normalized spacial score (nSPS) is 11.6. The highest BCUT2D eigenvalue weighted by Crippen LogP contribution is 2.19. The largest absolute Gasteiger partial charge is 0.321 e. The van der Waals surface area contributed by atoms with Crippen molar-refractivity contribution in [3.05, 3.63) is 58.6 Å². The maximum absolute atomic E-state index is 12.3. The van der Waals surface area contributed by atoms with Crippen LogP contribution >= 0.6 is 11.6 Å². The van der Waals surface area contributed by atoms with E-state index < -0.39 is 0 Å². The topological polar surface area (TPSA) is 79.7 Å². The molecular weight excluding hydrogens is 378 g/mol. The number of hydrogen-bond donors (Lipinski definition) is 3. The van der Waals surface area contributed by atoms with Gasteiger partial charge in [0, 0.05) is 22.0 Å². The third-order valence-corrected chi connectivity index (χ3v) is 4.61. The molecule has 0 bridgehead atoms.